The maximum Gasteiger partial charge on any atom is 0.275 e. The molecule has 0 radical (unpaired) electrons. The number of benzene rings is 1. The molecule has 0 saturated carbocycles. The second-order valence-corrected chi connectivity index (χ2v) is 6.35. The van der Waals surface area contributed by atoms with E-state index < -0.39 is 0 Å². The third kappa shape index (κ3) is 3.65. The lowest BCUT2D eigenvalue weighted by atomic mass is 10.2. The van der Waals surface area contributed by atoms with Crippen molar-refractivity contribution in [3.8, 4) is 0 Å². The van der Waals surface area contributed by atoms with Gasteiger partial charge in [-0.3, -0.25) is 9.48 Å². The van der Waals surface area contributed by atoms with Crippen LogP contribution in [0.25, 0.3) is 0 Å². The fourth-order valence-electron chi connectivity index (χ4n) is 2.32. The first-order valence-electron chi connectivity index (χ1n) is 7.35. The number of carbonyl (C=O) groups is 1. The minimum atomic E-state index is -0.0762. The van der Waals surface area contributed by atoms with Gasteiger partial charge in [-0.2, -0.15) is 5.10 Å². The minimum absolute atomic E-state index is 0.0762. The summed E-state index contributed by atoms with van der Waals surface area (Å²) in [6.45, 7) is 2.96. The Morgan fingerprint density at radius 2 is 2.04 bits per heavy atom. The van der Waals surface area contributed by atoms with Crippen LogP contribution in [0.2, 0.25) is 0 Å². The molecule has 5 nitrogen and oxygen atoms in total. The molecule has 1 amide bonds. The van der Waals surface area contributed by atoms with Crippen LogP contribution in [0.5, 0.6) is 0 Å². The number of nitrogens with zero attached hydrogens (tertiary/aromatic N) is 4. The van der Waals surface area contributed by atoms with Crippen LogP contribution in [0.3, 0.4) is 0 Å². The van der Waals surface area contributed by atoms with E-state index in [-0.39, 0.29) is 5.91 Å². The summed E-state index contributed by atoms with van der Waals surface area (Å²) in [4.78, 5) is 19.0. The molecule has 1 aromatic carbocycles. The fraction of sp³-hybridized carbons (Fsp3) is 0.235. The first-order chi connectivity index (χ1) is 11.1. The maximum absolute atomic E-state index is 12.9. The lowest BCUT2D eigenvalue weighted by molar-refractivity contribution is 0.0723. The zero-order chi connectivity index (χ0) is 16.2. The van der Waals surface area contributed by atoms with Gasteiger partial charge in [-0.05, 0) is 18.6 Å². The normalized spacial score (nSPS) is 10.7. The highest BCUT2D eigenvalue weighted by Gasteiger charge is 2.20. The monoisotopic (exact) mass is 326 g/mol. The summed E-state index contributed by atoms with van der Waals surface area (Å²) < 4.78 is 1.72. The van der Waals surface area contributed by atoms with Gasteiger partial charge in [-0.1, -0.05) is 30.3 Å². The molecule has 0 aliphatic heterocycles. The van der Waals surface area contributed by atoms with E-state index in [0.29, 0.717) is 18.8 Å². The number of rotatable bonds is 5. The van der Waals surface area contributed by atoms with Crippen molar-refractivity contribution in [2.75, 3.05) is 0 Å². The molecule has 0 bridgehead atoms. The summed E-state index contributed by atoms with van der Waals surface area (Å²) in [6.07, 6.45) is 1.76. The van der Waals surface area contributed by atoms with Crippen molar-refractivity contribution in [2.24, 2.45) is 7.05 Å². The highest BCUT2D eigenvalue weighted by Crippen LogP contribution is 2.15. The average Bonchev–Trinajstić information content (AvgIpc) is 3.17. The summed E-state index contributed by atoms with van der Waals surface area (Å²) in [7, 11) is 1.84. The van der Waals surface area contributed by atoms with Gasteiger partial charge in [0.1, 0.15) is 5.01 Å². The summed E-state index contributed by atoms with van der Waals surface area (Å²) in [5.74, 6) is -0.0762. The van der Waals surface area contributed by atoms with Crippen molar-refractivity contribution in [1.29, 1.82) is 0 Å². The van der Waals surface area contributed by atoms with Crippen LogP contribution in [-0.2, 0) is 20.1 Å². The molecule has 2 heterocycles. The lowest BCUT2D eigenvalue weighted by Gasteiger charge is -2.20. The van der Waals surface area contributed by atoms with Crippen LogP contribution in [0.1, 0.15) is 26.8 Å². The molecule has 3 rings (SSSR count). The van der Waals surface area contributed by atoms with Crippen LogP contribution in [0, 0.1) is 6.92 Å². The van der Waals surface area contributed by atoms with E-state index in [1.165, 1.54) is 0 Å². The standard InChI is InChI=1S/C17H18N4OS/c1-13-10-15(19-20(13)2)17(22)21(12-16-18-8-9-23-16)11-14-6-4-3-5-7-14/h3-10H,11-12H2,1-2H3. The topological polar surface area (TPSA) is 51.0 Å². The van der Waals surface area contributed by atoms with E-state index in [4.69, 9.17) is 0 Å². The second-order valence-electron chi connectivity index (χ2n) is 5.37. The molecule has 0 aliphatic rings. The van der Waals surface area contributed by atoms with Crippen molar-refractivity contribution in [1.82, 2.24) is 19.7 Å². The highest BCUT2D eigenvalue weighted by atomic mass is 32.1. The summed E-state index contributed by atoms with van der Waals surface area (Å²) in [6, 6.07) is 11.8. The average molecular weight is 326 g/mol. The second kappa shape index (κ2) is 6.75. The van der Waals surface area contributed by atoms with Crippen LogP contribution >= 0.6 is 11.3 Å². The summed E-state index contributed by atoms with van der Waals surface area (Å²) in [5, 5.41) is 7.15. The van der Waals surface area contributed by atoms with E-state index in [1.54, 1.807) is 27.1 Å². The lowest BCUT2D eigenvalue weighted by Crippen LogP contribution is -2.30. The molecular formula is C17H18N4OS. The Kier molecular flexibility index (Phi) is 4.52. The number of hydrogen-bond donors (Lipinski definition) is 0. The maximum atomic E-state index is 12.9. The SMILES string of the molecule is Cc1cc(C(=O)N(Cc2ccccc2)Cc2nccs2)nn1C. The highest BCUT2D eigenvalue weighted by molar-refractivity contribution is 7.09. The van der Waals surface area contributed by atoms with Gasteiger partial charge in [0.25, 0.3) is 5.91 Å². The van der Waals surface area contributed by atoms with Gasteiger partial charge < -0.3 is 4.90 Å². The molecule has 3 aromatic rings. The zero-order valence-corrected chi connectivity index (χ0v) is 14.0. The fourth-order valence-corrected chi connectivity index (χ4v) is 2.96. The minimum Gasteiger partial charge on any atom is -0.326 e. The number of thiazole rings is 1. The Labute approximate surface area is 139 Å². The van der Waals surface area contributed by atoms with Crippen molar-refractivity contribution in [3.05, 3.63) is 69.9 Å². The van der Waals surface area contributed by atoms with E-state index in [9.17, 15) is 4.79 Å². The number of amides is 1. The summed E-state index contributed by atoms with van der Waals surface area (Å²) in [5.41, 5.74) is 2.52. The molecule has 0 atom stereocenters. The van der Waals surface area contributed by atoms with Gasteiger partial charge in [0.15, 0.2) is 5.69 Å². The Hall–Kier alpha value is -2.47. The molecule has 0 aliphatic carbocycles. The third-order valence-corrected chi connectivity index (χ3v) is 4.41. The van der Waals surface area contributed by atoms with Crippen molar-refractivity contribution < 1.29 is 4.79 Å². The first-order valence-corrected chi connectivity index (χ1v) is 8.23. The first kappa shape index (κ1) is 15.4. The van der Waals surface area contributed by atoms with Gasteiger partial charge >= 0.3 is 0 Å². The third-order valence-electron chi connectivity index (χ3n) is 3.65. The molecule has 0 unspecified atom stereocenters. The Bertz CT molecular complexity index is 761. The predicted molar refractivity (Wildman–Crippen MR) is 90.1 cm³/mol. The van der Waals surface area contributed by atoms with Gasteiger partial charge in [-0.25, -0.2) is 4.98 Å². The van der Waals surface area contributed by atoms with E-state index >= 15 is 0 Å². The molecule has 6 heteroatoms. The van der Waals surface area contributed by atoms with E-state index in [0.717, 1.165) is 16.3 Å². The van der Waals surface area contributed by atoms with Crippen LogP contribution in [0.4, 0.5) is 0 Å². The molecule has 118 valence electrons. The van der Waals surface area contributed by atoms with Crippen molar-refractivity contribution in [3.63, 3.8) is 0 Å². The predicted octanol–water partition coefficient (Wildman–Crippen LogP) is 3.03. The van der Waals surface area contributed by atoms with Crippen molar-refractivity contribution in [2.45, 2.75) is 20.0 Å². The van der Waals surface area contributed by atoms with Gasteiger partial charge in [-0.15, -0.1) is 11.3 Å². The molecule has 2 aromatic heterocycles. The Balaban J connectivity index is 1.85. The zero-order valence-electron chi connectivity index (χ0n) is 13.1. The number of aromatic nitrogens is 3. The Morgan fingerprint density at radius 3 is 2.65 bits per heavy atom. The van der Waals surface area contributed by atoms with Crippen LogP contribution in [-0.4, -0.2) is 25.6 Å². The Morgan fingerprint density at radius 1 is 1.26 bits per heavy atom. The quantitative estimate of drug-likeness (QED) is 0.724. The van der Waals surface area contributed by atoms with Crippen LogP contribution < -0.4 is 0 Å². The smallest absolute Gasteiger partial charge is 0.275 e. The number of hydrogen-bond acceptors (Lipinski definition) is 4. The summed E-state index contributed by atoms with van der Waals surface area (Å²) >= 11 is 1.55. The number of carbonyl (C=O) groups excluding carboxylic acids is 1. The van der Waals surface area contributed by atoms with Crippen LogP contribution in [0.15, 0.2) is 48.0 Å². The molecular weight excluding hydrogens is 308 g/mol. The largest absolute Gasteiger partial charge is 0.326 e. The van der Waals surface area contributed by atoms with E-state index in [2.05, 4.69) is 10.1 Å². The number of aryl methyl sites for hydroxylation is 2. The molecule has 0 N–H and O–H groups in total. The van der Waals surface area contributed by atoms with Gasteiger partial charge in [0.2, 0.25) is 0 Å². The molecule has 0 fully saturated rings. The molecule has 0 saturated heterocycles. The van der Waals surface area contributed by atoms with Gasteiger partial charge in [0, 0.05) is 30.9 Å². The molecule has 23 heavy (non-hydrogen) atoms. The molecule has 0 spiro atoms. The van der Waals surface area contributed by atoms with E-state index in [1.807, 2.05) is 55.7 Å². The van der Waals surface area contributed by atoms with Gasteiger partial charge in [0.05, 0.1) is 6.54 Å². The van der Waals surface area contributed by atoms with Crippen molar-refractivity contribution >= 4 is 17.2 Å².